The molecular formula is C11H14N4OS. The molecule has 6 heteroatoms. The fourth-order valence-electron chi connectivity index (χ4n) is 1.75. The van der Waals surface area contributed by atoms with Gasteiger partial charge in [-0.25, -0.2) is 0 Å². The Hall–Kier alpha value is -1.69. The highest BCUT2D eigenvalue weighted by Crippen LogP contribution is 2.13. The molecule has 0 aromatic carbocycles. The van der Waals surface area contributed by atoms with E-state index < -0.39 is 0 Å². The number of nitrogens with two attached hydrogens (primary N) is 1. The summed E-state index contributed by atoms with van der Waals surface area (Å²) in [6, 6.07) is 3.92. The quantitative estimate of drug-likeness (QED) is 0.677. The molecule has 0 spiro atoms. The second kappa shape index (κ2) is 5.09. The first-order valence-electron chi connectivity index (χ1n) is 5.44. The average Bonchev–Trinajstić information content (AvgIpc) is 2.32. The van der Waals surface area contributed by atoms with Gasteiger partial charge in [0.1, 0.15) is 4.99 Å². The summed E-state index contributed by atoms with van der Waals surface area (Å²) in [5.41, 5.74) is 7.04. The Balaban J connectivity index is 2.01. The predicted octanol–water partition coefficient (Wildman–Crippen LogP) is 0.406. The van der Waals surface area contributed by atoms with Crippen LogP contribution < -0.4 is 16.4 Å². The van der Waals surface area contributed by atoms with Gasteiger partial charge in [-0.1, -0.05) is 12.2 Å². The maximum Gasteiger partial charge on any atom is 0.220 e. The summed E-state index contributed by atoms with van der Waals surface area (Å²) >= 11 is 4.87. The fourth-order valence-corrected chi connectivity index (χ4v) is 1.86. The number of piperidine rings is 1. The van der Waals surface area contributed by atoms with Crippen molar-refractivity contribution in [3.05, 3.63) is 24.0 Å². The first-order chi connectivity index (χ1) is 8.15. The number of hydrogen-bond donors (Lipinski definition) is 3. The minimum Gasteiger partial charge on any atom is -0.388 e. The van der Waals surface area contributed by atoms with Crippen LogP contribution in [0.2, 0.25) is 0 Å². The van der Waals surface area contributed by atoms with Gasteiger partial charge in [0.2, 0.25) is 5.91 Å². The van der Waals surface area contributed by atoms with Gasteiger partial charge in [-0.15, -0.1) is 0 Å². The predicted molar refractivity (Wildman–Crippen MR) is 69.8 cm³/mol. The van der Waals surface area contributed by atoms with E-state index in [0.29, 0.717) is 18.7 Å². The molecule has 1 atom stereocenters. The summed E-state index contributed by atoms with van der Waals surface area (Å²) in [5.74, 6) is 0.113. The summed E-state index contributed by atoms with van der Waals surface area (Å²) in [6.07, 6.45) is 3.06. The van der Waals surface area contributed by atoms with E-state index in [1.165, 1.54) is 0 Å². The molecule has 17 heavy (non-hydrogen) atoms. The SMILES string of the molecule is NC(=S)c1cc(NC2CCC(=O)NC2)ccn1. The molecule has 1 unspecified atom stereocenters. The maximum absolute atomic E-state index is 11.0. The topological polar surface area (TPSA) is 80.0 Å². The second-order valence-electron chi connectivity index (χ2n) is 3.98. The first-order valence-corrected chi connectivity index (χ1v) is 5.85. The van der Waals surface area contributed by atoms with E-state index in [1.54, 1.807) is 6.20 Å². The zero-order valence-corrected chi connectivity index (χ0v) is 10.1. The molecule has 1 aliphatic heterocycles. The van der Waals surface area contributed by atoms with Crippen molar-refractivity contribution in [3.63, 3.8) is 0 Å². The van der Waals surface area contributed by atoms with Gasteiger partial charge in [0.25, 0.3) is 0 Å². The van der Waals surface area contributed by atoms with E-state index in [1.807, 2.05) is 12.1 Å². The van der Waals surface area contributed by atoms with E-state index in [9.17, 15) is 4.79 Å². The number of amides is 1. The highest BCUT2D eigenvalue weighted by atomic mass is 32.1. The molecule has 1 amide bonds. The van der Waals surface area contributed by atoms with Crippen molar-refractivity contribution in [3.8, 4) is 0 Å². The van der Waals surface area contributed by atoms with Crippen LogP contribution in [0.25, 0.3) is 0 Å². The molecule has 4 N–H and O–H groups in total. The Morgan fingerprint density at radius 2 is 2.47 bits per heavy atom. The van der Waals surface area contributed by atoms with E-state index in [2.05, 4.69) is 15.6 Å². The van der Waals surface area contributed by atoms with Crippen LogP contribution >= 0.6 is 12.2 Å². The van der Waals surface area contributed by atoms with Crippen LogP contribution in [-0.4, -0.2) is 28.5 Å². The molecule has 1 fully saturated rings. The molecule has 5 nitrogen and oxygen atoms in total. The number of anilines is 1. The third-order valence-corrected chi connectivity index (χ3v) is 2.86. The largest absolute Gasteiger partial charge is 0.388 e. The number of nitrogens with zero attached hydrogens (tertiary/aromatic N) is 1. The monoisotopic (exact) mass is 250 g/mol. The molecule has 90 valence electrons. The maximum atomic E-state index is 11.0. The Kier molecular flexibility index (Phi) is 3.53. The Bertz CT molecular complexity index is 439. The van der Waals surface area contributed by atoms with Crippen molar-refractivity contribution in [1.82, 2.24) is 10.3 Å². The number of pyridine rings is 1. The molecule has 0 bridgehead atoms. The highest BCUT2D eigenvalue weighted by molar-refractivity contribution is 7.80. The van der Waals surface area contributed by atoms with Crippen LogP contribution in [0.5, 0.6) is 0 Å². The smallest absolute Gasteiger partial charge is 0.220 e. The van der Waals surface area contributed by atoms with Crippen molar-refractivity contribution in [2.75, 3.05) is 11.9 Å². The standard InChI is InChI=1S/C11H14N4OS/c12-11(17)9-5-7(3-4-13-9)15-8-1-2-10(16)14-6-8/h3-5,8H,1-2,6H2,(H2,12,17)(H,13,15)(H,14,16). The minimum atomic E-state index is 0.113. The Morgan fingerprint density at radius 3 is 3.12 bits per heavy atom. The van der Waals surface area contributed by atoms with Crippen LogP contribution in [0, 0.1) is 0 Å². The van der Waals surface area contributed by atoms with E-state index in [-0.39, 0.29) is 16.9 Å². The van der Waals surface area contributed by atoms with Gasteiger partial charge < -0.3 is 16.4 Å². The third-order valence-electron chi connectivity index (χ3n) is 2.65. The number of aromatic nitrogens is 1. The zero-order valence-electron chi connectivity index (χ0n) is 9.27. The Morgan fingerprint density at radius 1 is 1.65 bits per heavy atom. The number of hydrogen-bond acceptors (Lipinski definition) is 4. The first kappa shape index (κ1) is 11.8. The average molecular weight is 250 g/mol. The van der Waals surface area contributed by atoms with Gasteiger partial charge in [0, 0.05) is 30.9 Å². The Labute approximate surface area is 105 Å². The molecule has 1 aromatic rings. The van der Waals surface area contributed by atoms with Crippen LogP contribution in [0.15, 0.2) is 18.3 Å². The van der Waals surface area contributed by atoms with Gasteiger partial charge in [0.05, 0.1) is 5.69 Å². The molecule has 0 aliphatic carbocycles. The van der Waals surface area contributed by atoms with Gasteiger partial charge >= 0.3 is 0 Å². The van der Waals surface area contributed by atoms with Crippen molar-refractivity contribution in [1.29, 1.82) is 0 Å². The molecule has 2 rings (SSSR count). The molecular weight excluding hydrogens is 236 g/mol. The van der Waals surface area contributed by atoms with Gasteiger partial charge in [-0.2, -0.15) is 0 Å². The highest BCUT2D eigenvalue weighted by Gasteiger charge is 2.17. The van der Waals surface area contributed by atoms with Crippen molar-refractivity contribution < 1.29 is 4.79 Å². The molecule has 0 radical (unpaired) electrons. The van der Waals surface area contributed by atoms with Crippen molar-refractivity contribution in [2.45, 2.75) is 18.9 Å². The third kappa shape index (κ3) is 3.13. The lowest BCUT2D eigenvalue weighted by molar-refractivity contribution is -0.122. The minimum absolute atomic E-state index is 0.113. The molecule has 1 saturated heterocycles. The lowest BCUT2D eigenvalue weighted by atomic mass is 10.1. The number of nitrogens with one attached hydrogen (secondary N) is 2. The normalized spacial score (nSPS) is 19.5. The van der Waals surface area contributed by atoms with Crippen molar-refractivity contribution >= 4 is 28.8 Å². The number of rotatable bonds is 3. The number of carbonyl (C=O) groups is 1. The summed E-state index contributed by atoms with van der Waals surface area (Å²) in [7, 11) is 0. The van der Waals surface area contributed by atoms with Crippen LogP contribution in [0.3, 0.4) is 0 Å². The van der Waals surface area contributed by atoms with E-state index in [0.717, 1.165) is 12.1 Å². The summed E-state index contributed by atoms with van der Waals surface area (Å²) < 4.78 is 0. The lowest BCUT2D eigenvalue weighted by Crippen LogP contribution is -2.41. The fraction of sp³-hybridized carbons (Fsp3) is 0.364. The van der Waals surface area contributed by atoms with Gasteiger partial charge in [0.15, 0.2) is 0 Å². The van der Waals surface area contributed by atoms with Crippen LogP contribution in [0.1, 0.15) is 18.5 Å². The van der Waals surface area contributed by atoms with E-state index >= 15 is 0 Å². The number of thiocarbonyl (C=S) groups is 1. The molecule has 0 saturated carbocycles. The van der Waals surface area contributed by atoms with Crippen LogP contribution in [-0.2, 0) is 4.79 Å². The summed E-state index contributed by atoms with van der Waals surface area (Å²) in [5, 5.41) is 6.15. The van der Waals surface area contributed by atoms with Gasteiger partial charge in [-0.05, 0) is 18.6 Å². The van der Waals surface area contributed by atoms with Gasteiger partial charge in [-0.3, -0.25) is 9.78 Å². The zero-order chi connectivity index (χ0) is 12.3. The second-order valence-corrected chi connectivity index (χ2v) is 4.42. The number of carbonyl (C=O) groups excluding carboxylic acids is 1. The van der Waals surface area contributed by atoms with Crippen LogP contribution in [0.4, 0.5) is 5.69 Å². The summed E-state index contributed by atoms with van der Waals surface area (Å²) in [6.45, 7) is 0.642. The molecule has 2 heterocycles. The lowest BCUT2D eigenvalue weighted by Gasteiger charge is -2.24. The molecule has 1 aliphatic rings. The van der Waals surface area contributed by atoms with Crippen molar-refractivity contribution in [2.24, 2.45) is 5.73 Å². The summed E-state index contributed by atoms with van der Waals surface area (Å²) in [4.78, 5) is 15.4. The van der Waals surface area contributed by atoms with E-state index in [4.69, 9.17) is 18.0 Å². The molecule has 1 aromatic heterocycles.